The first-order valence-corrected chi connectivity index (χ1v) is 8.15. The van der Waals surface area contributed by atoms with Crippen molar-refractivity contribution in [1.82, 2.24) is 20.1 Å². The number of amides is 1. The van der Waals surface area contributed by atoms with Crippen LogP contribution >= 0.6 is 0 Å². The Morgan fingerprint density at radius 1 is 1.38 bits per heavy atom. The van der Waals surface area contributed by atoms with Crippen molar-refractivity contribution in [2.75, 3.05) is 18.0 Å². The summed E-state index contributed by atoms with van der Waals surface area (Å²) in [5.74, 6) is 0.968. The molecule has 2 aliphatic heterocycles. The van der Waals surface area contributed by atoms with Crippen LogP contribution in [0.5, 0.6) is 0 Å². The Balaban J connectivity index is 1.74. The van der Waals surface area contributed by atoms with Gasteiger partial charge < -0.3 is 9.80 Å². The van der Waals surface area contributed by atoms with Gasteiger partial charge >= 0.3 is 0 Å². The van der Waals surface area contributed by atoms with Crippen molar-refractivity contribution in [3.63, 3.8) is 0 Å². The van der Waals surface area contributed by atoms with E-state index in [4.69, 9.17) is 5.26 Å². The van der Waals surface area contributed by atoms with Gasteiger partial charge in [-0.05, 0) is 24.5 Å². The Kier molecular flexibility index (Phi) is 3.45. The van der Waals surface area contributed by atoms with Crippen LogP contribution in [0.1, 0.15) is 35.9 Å². The molecule has 1 N–H and O–H groups in total. The number of carbonyl (C=O) groups is 1. The zero-order valence-electron chi connectivity index (χ0n) is 13.5. The fraction of sp³-hybridized carbons (Fsp3) is 0.412. The minimum atomic E-state index is 0.0900. The van der Waals surface area contributed by atoms with Gasteiger partial charge in [-0.2, -0.15) is 10.4 Å². The predicted molar refractivity (Wildman–Crippen MR) is 87.7 cm³/mol. The highest BCUT2D eigenvalue weighted by Gasteiger charge is 2.29. The summed E-state index contributed by atoms with van der Waals surface area (Å²) in [5, 5.41) is 16.7. The largest absolute Gasteiger partial charge is 0.338 e. The molecule has 0 atom stereocenters. The number of aromatic nitrogens is 3. The van der Waals surface area contributed by atoms with Crippen LogP contribution in [0.25, 0.3) is 0 Å². The number of anilines is 2. The van der Waals surface area contributed by atoms with E-state index in [0.717, 1.165) is 60.7 Å². The molecule has 0 aliphatic carbocycles. The van der Waals surface area contributed by atoms with Crippen molar-refractivity contribution >= 4 is 17.4 Å². The maximum atomic E-state index is 11.7. The lowest BCUT2D eigenvalue weighted by Crippen LogP contribution is -2.35. The minimum Gasteiger partial charge on any atom is -0.338 e. The quantitative estimate of drug-likeness (QED) is 0.862. The number of hydrogen-bond donors (Lipinski definition) is 1. The van der Waals surface area contributed by atoms with Crippen molar-refractivity contribution in [2.45, 2.75) is 32.7 Å². The van der Waals surface area contributed by atoms with Gasteiger partial charge in [0.2, 0.25) is 5.91 Å². The molecule has 0 unspecified atom stereocenters. The molecule has 1 amide bonds. The van der Waals surface area contributed by atoms with Crippen LogP contribution in [-0.4, -0.2) is 39.1 Å². The number of carbonyl (C=O) groups excluding carboxylic acids is 1. The first-order chi connectivity index (χ1) is 11.7. The van der Waals surface area contributed by atoms with Crippen LogP contribution in [0.15, 0.2) is 12.3 Å². The second-order valence-electron chi connectivity index (χ2n) is 6.26. The van der Waals surface area contributed by atoms with E-state index in [-0.39, 0.29) is 5.91 Å². The lowest BCUT2D eigenvalue weighted by Gasteiger charge is -2.32. The van der Waals surface area contributed by atoms with Gasteiger partial charge in [-0.15, -0.1) is 0 Å². The van der Waals surface area contributed by atoms with E-state index in [9.17, 15) is 4.79 Å². The highest BCUT2D eigenvalue weighted by Crippen LogP contribution is 2.36. The number of H-pyrrole nitrogens is 1. The van der Waals surface area contributed by atoms with Crippen molar-refractivity contribution in [1.29, 1.82) is 5.26 Å². The number of fused-ring (bicyclic) bond motifs is 2. The van der Waals surface area contributed by atoms with E-state index >= 15 is 0 Å². The van der Waals surface area contributed by atoms with Crippen LogP contribution in [0.2, 0.25) is 0 Å². The molecule has 2 aromatic heterocycles. The van der Waals surface area contributed by atoms with E-state index in [1.54, 1.807) is 13.1 Å². The van der Waals surface area contributed by atoms with Gasteiger partial charge in [-0.3, -0.25) is 9.89 Å². The van der Waals surface area contributed by atoms with Crippen LogP contribution in [0.4, 0.5) is 11.5 Å². The first kappa shape index (κ1) is 14.7. The SMILES string of the molecule is CC(=O)N1CCc2[nH]nc(N3CCCc4cc(C#N)ncc43)c2C1. The topological polar surface area (TPSA) is 88.9 Å². The summed E-state index contributed by atoms with van der Waals surface area (Å²) in [6.45, 7) is 3.78. The number of aromatic amines is 1. The molecule has 4 rings (SSSR count). The molecule has 0 saturated heterocycles. The number of aryl methyl sites for hydroxylation is 1. The normalized spacial score (nSPS) is 16.3. The predicted octanol–water partition coefficient (Wildman–Crippen LogP) is 1.67. The summed E-state index contributed by atoms with van der Waals surface area (Å²) in [7, 11) is 0. The number of pyridine rings is 1. The monoisotopic (exact) mass is 322 g/mol. The van der Waals surface area contributed by atoms with Crippen molar-refractivity contribution in [2.24, 2.45) is 0 Å². The number of hydrogen-bond acceptors (Lipinski definition) is 5. The van der Waals surface area contributed by atoms with Crippen LogP contribution in [-0.2, 0) is 24.2 Å². The second kappa shape index (κ2) is 5.64. The third kappa shape index (κ3) is 2.31. The van der Waals surface area contributed by atoms with Crippen LogP contribution < -0.4 is 4.90 Å². The lowest BCUT2D eigenvalue weighted by molar-refractivity contribution is -0.129. The molecule has 0 fully saturated rings. The highest BCUT2D eigenvalue weighted by atomic mass is 16.2. The maximum absolute atomic E-state index is 11.7. The maximum Gasteiger partial charge on any atom is 0.219 e. The van der Waals surface area contributed by atoms with Gasteiger partial charge in [0.25, 0.3) is 0 Å². The molecule has 0 saturated carbocycles. The average Bonchev–Trinajstić information content (AvgIpc) is 3.03. The molecule has 7 nitrogen and oxygen atoms in total. The molecule has 2 aliphatic rings. The Hall–Kier alpha value is -2.88. The Morgan fingerprint density at radius 2 is 2.25 bits per heavy atom. The molecular formula is C17H18N6O. The summed E-state index contributed by atoms with van der Waals surface area (Å²) in [4.78, 5) is 20.0. The van der Waals surface area contributed by atoms with E-state index in [0.29, 0.717) is 12.2 Å². The molecule has 0 spiro atoms. The lowest BCUT2D eigenvalue weighted by atomic mass is 10.0. The molecular weight excluding hydrogens is 304 g/mol. The summed E-state index contributed by atoms with van der Waals surface area (Å²) >= 11 is 0. The van der Waals surface area contributed by atoms with E-state index < -0.39 is 0 Å². The fourth-order valence-corrected chi connectivity index (χ4v) is 3.53. The van der Waals surface area contributed by atoms with E-state index in [1.807, 2.05) is 11.0 Å². The summed E-state index contributed by atoms with van der Waals surface area (Å²) in [5.41, 5.74) is 4.78. The Morgan fingerprint density at radius 3 is 3.04 bits per heavy atom. The zero-order chi connectivity index (χ0) is 16.7. The first-order valence-electron chi connectivity index (χ1n) is 8.15. The smallest absolute Gasteiger partial charge is 0.219 e. The van der Waals surface area contributed by atoms with E-state index in [1.165, 1.54) is 0 Å². The number of nitriles is 1. The van der Waals surface area contributed by atoms with Crippen molar-refractivity contribution < 1.29 is 4.79 Å². The zero-order valence-corrected chi connectivity index (χ0v) is 13.5. The number of rotatable bonds is 1. The fourth-order valence-electron chi connectivity index (χ4n) is 3.53. The third-order valence-electron chi connectivity index (χ3n) is 4.81. The van der Waals surface area contributed by atoms with Gasteiger partial charge in [0.15, 0.2) is 5.82 Å². The van der Waals surface area contributed by atoms with Gasteiger partial charge in [-0.1, -0.05) is 0 Å². The van der Waals surface area contributed by atoms with Crippen LogP contribution in [0.3, 0.4) is 0 Å². The molecule has 24 heavy (non-hydrogen) atoms. The van der Waals surface area contributed by atoms with Crippen LogP contribution in [0, 0.1) is 11.3 Å². The summed E-state index contributed by atoms with van der Waals surface area (Å²) < 4.78 is 0. The molecule has 122 valence electrons. The van der Waals surface area contributed by atoms with E-state index in [2.05, 4.69) is 26.2 Å². The van der Waals surface area contributed by atoms with Crippen molar-refractivity contribution in [3.05, 3.63) is 34.8 Å². The third-order valence-corrected chi connectivity index (χ3v) is 4.81. The van der Waals surface area contributed by atoms with Crippen molar-refractivity contribution in [3.8, 4) is 6.07 Å². The molecule has 0 radical (unpaired) electrons. The molecule has 2 aromatic rings. The standard InChI is InChI=1S/C17H18N6O/c1-11(24)22-6-4-15-14(10-22)17(21-20-15)23-5-2-3-12-7-13(8-18)19-9-16(12)23/h7,9H,2-6,10H2,1H3,(H,20,21). The van der Waals surface area contributed by atoms with Gasteiger partial charge in [0, 0.05) is 37.7 Å². The minimum absolute atomic E-state index is 0.0900. The molecule has 7 heteroatoms. The van der Waals surface area contributed by atoms with Gasteiger partial charge in [0.1, 0.15) is 11.8 Å². The Labute approximate surface area is 139 Å². The molecule has 0 bridgehead atoms. The number of nitrogens with one attached hydrogen (secondary N) is 1. The van der Waals surface area contributed by atoms with Gasteiger partial charge in [-0.25, -0.2) is 4.98 Å². The molecule has 4 heterocycles. The summed E-state index contributed by atoms with van der Waals surface area (Å²) in [6.07, 6.45) is 4.50. The average molecular weight is 322 g/mol. The second-order valence-corrected chi connectivity index (χ2v) is 6.26. The number of nitrogens with zero attached hydrogens (tertiary/aromatic N) is 5. The molecule has 0 aromatic carbocycles. The summed E-state index contributed by atoms with van der Waals surface area (Å²) in [6, 6.07) is 3.96. The van der Waals surface area contributed by atoms with Gasteiger partial charge in [0.05, 0.1) is 18.4 Å². The Bertz CT molecular complexity index is 849. The highest BCUT2D eigenvalue weighted by molar-refractivity contribution is 5.75.